The van der Waals surface area contributed by atoms with Crippen molar-refractivity contribution in [3.05, 3.63) is 59.7 Å². The molecule has 0 unspecified atom stereocenters. The van der Waals surface area contributed by atoms with E-state index in [4.69, 9.17) is 4.74 Å². The Kier molecular flexibility index (Phi) is 6.34. The average Bonchev–Trinajstić information content (AvgIpc) is 2.73. The van der Waals surface area contributed by atoms with Crippen molar-refractivity contribution in [3.8, 4) is 5.75 Å². The number of likely N-dealkylation sites (tertiary alicyclic amines) is 1. The van der Waals surface area contributed by atoms with Gasteiger partial charge in [-0.1, -0.05) is 26.0 Å². The minimum atomic E-state index is -0.0651. The highest BCUT2D eigenvalue weighted by Crippen LogP contribution is 2.23. The van der Waals surface area contributed by atoms with Gasteiger partial charge in [-0.25, -0.2) is 0 Å². The fourth-order valence-corrected chi connectivity index (χ4v) is 3.46. The molecule has 1 N–H and O–H groups in total. The van der Waals surface area contributed by atoms with Gasteiger partial charge in [0.15, 0.2) is 0 Å². The Labute approximate surface area is 166 Å². The second-order valence-corrected chi connectivity index (χ2v) is 7.56. The van der Waals surface area contributed by atoms with Crippen molar-refractivity contribution in [2.75, 3.05) is 25.5 Å². The zero-order chi connectivity index (χ0) is 20.1. The number of hydrogen-bond acceptors (Lipinski definition) is 3. The van der Waals surface area contributed by atoms with Crippen LogP contribution in [0.15, 0.2) is 48.5 Å². The number of piperidine rings is 1. The summed E-state index contributed by atoms with van der Waals surface area (Å²) in [6.45, 7) is 5.48. The van der Waals surface area contributed by atoms with Crippen LogP contribution in [0, 0.1) is 5.92 Å². The van der Waals surface area contributed by atoms with E-state index in [1.165, 1.54) is 5.56 Å². The molecule has 28 heavy (non-hydrogen) atoms. The fraction of sp³-hybridized carbons (Fsp3) is 0.391. The summed E-state index contributed by atoms with van der Waals surface area (Å²) in [4.78, 5) is 27.0. The largest absolute Gasteiger partial charge is 0.497 e. The van der Waals surface area contributed by atoms with E-state index >= 15 is 0 Å². The Hall–Kier alpha value is -2.82. The lowest BCUT2D eigenvalue weighted by Crippen LogP contribution is -2.41. The molecule has 0 saturated carbocycles. The van der Waals surface area contributed by atoms with Crippen LogP contribution >= 0.6 is 0 Å². The summed E-state index contributed by atoms with van der Waals surface area (Å²) in [5.74, 6) is 1.18. The molecule has 2 aromatic rings. The second kappa shape index (κ2) is 8.91. The molecule has 5 heteroatoms. The number of amides is 2. The van der Waals surface area contributed by atoms with Crippen molar-refractivity contribution < 1.29 is 14.3 Å². The summed E-state index contributed by atoms with van der Waals surface area (Å²) in [6, 6.07) is 15.1. The Morgan fingerprint density at radius 1 is 1.00 bits per heavy atom. The van der Waals surface area contributed by atoms with Gasteiger partial charge in [-0.15, -0.1) is 0 Å². The molecule has 0 spiro atoms. The molecule has 5 nitrogen and oxygen atoms in total. The van der Waals surface area contributed by atoms with Gasteiger partial charge in [-0.2, -0.15) is 0 Å². The van der Waals surface area contributed by atoms with Crippen LogP contribution in [0.1, 0.15) is 48.5 Å². The summed E-state index contributed by atoms with van der Waals surface area (Å²) in [5.41, 5.74) is 2.73. The molecular weight excluding hydrogens is 352 g/mol. The summed E-state index contributed by atoms with van der Waals surface area (Å²) in [5, 5.41) is 3.01. The molecule has 1 saturated heterocycles. The first-order valence-electron chi connectivity index (χ1n) is 9.82. The Morgan fingerprint density at radius 2 is 1.61 bits per heavy atom. The number of methoxy groups -OCH3 is 1. The lowest BCUT2D eigenvalue weighted by Gasteiger charge is -2.31. The van der Waals surface area contributed by atoms with Gasteiger partial charge in [0.2, 0.25) is 5.91 Å². The first-order chi connectivity index (χ1) is 13.5. The zero-order valence-electron chi connectivity index (χ0n) is 16.8. The number of carbonyl (C=O) groups is 2. The molecule has 1 fully saturated rings. The van der Waals surface area contributed by atoms with Crippen LogP contribution in [0.5, 0.6) is 5.75 Å². The van der Waals surface area contributed by atoms with E-state index in [9.17, 15) is 9.59 Å². The number of ether oxygens (including phenoxy) is 1. The molecule has 148 valence electrons. The molecular formula is C23H28N2O3. The highest BCUT2D eigenvalue weighted by molar-refractivity contribution is 5.95. The monoisotopic (exact) mass is 380 g/mol. The van der Waals surface area contributed by atoms with Gasteiger partial charge in [0.05, 0.1) is 7.11 Å². The maximum absolute atomic E-state index is 12.6. The van der Waals surface area contributed by atoms with Gasteiger partial charge in [-0.3, -0.25) is 9.59 Å². The fourth-order valence-electron chi connectivity index (χ4n) is 3.46. The van der Waals surface area contributed by atoms with Crippen molar-refractivity contribution in [2.45, 2.75) is 32.6 Å². The van der Waals surface area contributed by atoms with Crippen molar-refractivity contribution in [2.24, 2.45) is 5.92 Å². The SMILES string of the molecule is COc1ccc(C(=O)N2CCC(C(=O)Nc3ccc(C(C)C)cc3)CC2)cc1. The molecule has 3 rings (SSSR count). The quantitative estimate of drug-likeness (QED) is 0.841. The van der Waals surface area contributed by atoms with Gasteiger partial charge < -0.3 is 15.0 Å². The highest BCUT2D eigenvalue weighted by Gasteiger charge is 2.27. The molecule has 2 amide bonds. The molecule has 0 radical (unpaired) electrons. The number of hydrogen-bond donors (Lipinski definition) is 1. The van der Waals surface area contributed by atoms with Gasteiger partial charge in [0.25, 0.3) is 5.91 Å². The van der Waals surface area contributed by atoms with Gasteiger partial charge in [-0.05, 0) is 60.7 Å². The lowest BCUT2D eigenvalue weighted by atomic mass is 9.95. The molecule has 1 aliphatic heterocycles. The summed E-state index contributed by atoms with van der Waals surface area (Å²) in [6.07, 6.45) is 1.36. The number of benzene rings is 2. The van der Waals surface area contributed by atoms with Crippen LogP contribution < -0.4 is 10.1 Å². The maximum Gasteiger partial charge on any atom is 0.253 e. The minimum Gasteiger partial charge on any atom is -0.497 e. The average molecular weight is 380 g/mol. The van der Waals surface area contributed by atoms with Crippen LogP contribution in [0.3, 0.4) is 0 Å². The number of nitrogens with zero attached hydrogens (tertiary/aromatic N) is 1. The summed E-state index contributed by atoms with van der Waals surface area (Å²) in [7, 11) is 1.60. The molecule has 0 aliphatic carbocycles. The predicted molar refractivity (Wildman–Crippen MR) is 111 cm³/mol. The van der Waals surface area contributed by atoms with Gasteiger partial charge >= 0.3 is 0 Å². The third kappa shape index (κ3) is 4.71. The molecule has 2 aromatic carbocycles. The third-order valence-electron chi connectivity index (χ3n) is 5.33. The Morgan fingerprint density at radius 3 is 2.14 bits per heavy atom. The van der Waals surface area contributed by atoms with Crippen LogP contribution in [-0.2, 0) is 4.79 Å². The van der Waals surface area contributed by atoms with Gasteiger partial charge in [0, 0.05) is 30.3 Å². The summed E-state index contributed by atoms with van der Waals surface area (Å²) < 4.78 is 5.13. The van der Waals surface area contributed by atoms with Crippen molar-refractivity contribution in [1.29, 1.82) is 0 Å². The highest BCUT2D eigenvalue weighted by atomic mass is 16.5. The van der Waals surface area contributed by atoms with Crippen molar-refractivity contribution in [3.63, 3.8) is 0 Å². The van der Waals surface area contributed by atoms with Crippen molar-refractivity contribution >= 4 is 17.5 Å². The predicted octanol–water partition coefficient (Wildman–Crippen LogP) is 4.31. The van der Waals surface area contributed by atoms with Gasteiger partial charge in [0.1, 0.15) is 5.75 Å². The number of rotatable bonds is 5. The van der Waals surface area contributed by atoms with E-state index in [2.05, 4.69) is 31.3 Å². The van der Waals surface area contributed by atoms with E-state index in [1.54, 1.807) is 31.4 Å². The molecule has 0 bridgehead atoms. The molecule has 1 heterocycles. The smallest absolute Gasteiger partial charge is 0.253 e. The lowest BCUT2D eigenvalue weighted by molar-refractivity contribution is -0.121. The standard InChI is InChI=1S/C23H28N2O3/c1-16(2)17-4-8-20(9-5-17)24-22(26)18-12-14-25(15-13-18)23(27)19-6-10-21(28-3)11-7-19/h4-11,16,18H,12-15H2,1-3H3,(H,24,26). The first kappa shape index (κ1) is 19.9. The van der Waals surface area contributed by atoms with Crippen LogP contribution in [0.4, 0.5) is 5.69 Å². The zero-order valence-corrected chi connectivity index (χ0v) is 16.8. The number of nitrogens with one attached hydrogen (secondary N) is 1. The molecule has 1 aliphatic rings. The number of carbonyl (C=O) groups excluding carboxylic acids is 2. The normalized spacial score (nSPS) is 14.8. The Balaban J connectivity index is 1.52. The van der Waals surface area contributed by atoms with E-state index < -0.39 is 0 Å². The number of anilines is 1. The van der Waals surface area contributed by atoms with E-state index in [0.717, 1.165) is 11.4 Å². The van der Waals surface area contributed by atoms with Crippen LogP contribution in [0.2, 0.25) is 0 Å². The van der Waals surface area contributed by atoms with Crippen LogP contribution in [0.25, 0.3) is 0 Å². The van der Waals surface area contributed by atoms with E-state index in [-0.39, 0.29) is 17.7 Å². The van der Waals surface area contributed by atoms with Crippen LogP contribution in [-0.4, -0.2) is 36.9 Å². The minimum absolute atomic E-state index is 0.00536. The molecule has 0 aromatic heterocycles. The second-order valence-electron chi connectivity index (χ2n) is 7.56. The Bertz CT molecular complexity index is 805. The topological polar surface area (TPSA) is 58.6 Å². The summed E-state index contributed by atoms with van der Waals surface area (Å²) >= 11 is 0. The van der Waals surface area contributed by atoms with E-state index in [1.807, 2.05) is 17.0 Å². The third-order valence-corrected chi connectivity index (χ3v) is 5.33. The maximum atomic E-state index is 12.6. The first-order valence-corrected chi connectivity index (χ1v) is 9.82. The molecule has 0 atom stereocenters. The van der Waals surface area contributed by atoms with Crippen molar-refractivity contribution in [1.82, 2.24) is 4.90 Å². The van der Waals surface area contributed by atoms with E-state index in [0.29, 0.717) is 37.4 Å².